The molecule has 0 radical (unpaired) electrons. The number of anilines is 1. The predicted octanol–water partition coefficient (Wildman–Crippen LogP) is 3.96. The summed E-state index contributed by atoms with van der Waals surface area (Å²) in [7, 11) is 1.64. The zero-order valence-corrected chi connectivity index (χ0v) is 17.2. The van der Waals surface area contributed by atoms with Crippen LogP contribution in [0.25, 0.3) is 0 Å². The second-order valence-corrected chi connectivity index (χ2v) is 6.91. The Morgan fingerprint density at radius 3 is 2.78 bits per heavy atom. The molecule has 0 fully saturated rings. The van der Waals surface area contributed by atoms with Crippen LogP contribution in [0.5, 0.6) is 11.5 Å². The van der Waals surface area contributed by atoms with E-state index >= 15 is 0 Å². The molecule has 1 heterocycles. The van der Waals surface area contributed by atoms with Crippen molar-refractivity contribution in [2.24, 2.45) is 0 Å². The molecule has 1 aromatic heterocycles. The van der Waals surface area contributed by atoms with Gasteiger partial charge in [0.2, 0.25) is 5.95 Å². The highest BCUT2D eigenvalue weighted by Gasteiger charge is 2.13. The van der Waals surface area contributed by atoms with Crippen molar-refractivity contribution < 1.29 is 9.47 Å². The molecule has 0 saturated heterocycles. The Labute approximate surface area is 166 Å². The molecule has 142 valence electrons. The summed E-state index contributed by atoms with van der Waals surface area (Å²) in [6.45, 7) is 5.79. The van der Waals surface area contributed by atoms with Crippen molar-refractivity contribution in [2.45, 2.75) is 33.5 Å². The van der Waals surface area contributed by atoms with Crippen LogP contribution in [0.2, 0.25) is 0 Å². The molecule has 1 N–H and O–H groups in total. The van der Waals surface area contributed by atoms with Crippen LogP contribution in [0.4, 0.5) is 5.95 Å². The Balaban J connectivity index is 1.72. The molecule has 3 rings (SSSR count). The number of nitrogens with one attached hydrogen (secondary N) is 1. The first kappa shape index (κ1) is 19.2. The van der Waals surface area contributed by atoms with E-state index < -0.39 is 0 Å². The van der Waals surface area contributed by atoms with E-state index in [0.717, 1.165) is 15.6 Å². The minimum absolute atomic E-state index is 0.472. The van der Waals surface area contributed by atoms with Crippen molar-refractivity contribution in [1.29, 1.82) is 0 Å². The first-order valence-corrected chi connectivity index (χ1v) is 9.44. The highest BCUT2D eigenvalue weighted by Crippen LogP contribution is 2.37. The number of halogens is 1. The van der Waals surface area contributed by atoms with E-state index in [4.69, 9.17) is 9.47 Å². The average molecular weight is 432 g/mol. The van der Waals surface area contributed by atoms with Gasteiger partial charge in [0.1, 0.15) is 6.61 Å². The van der Waals surface area contributed by atoms with E-state index in [9.17, 15) is 0 Å². The zero-order valence-electron chi connectivity index (χ0n) is 15.6. The van der Waals surface area contributed by atoms with E-state index in [1.165, 1.54) is 5.56 Å². The smallest absolute Gasteiger partial charge is 0.243 e. The molecule has 0 spiro atoms. The second-order valence-electron chi connectivity index (χ2n) is 6.06. The largest absolute Gasteiger partial charge is 0.493 e. The highest BCUT2D eigenvalue weighted by atomic mass is 79.9. The molecule has 3 aromatic rings. The lowest BCUT2D eigenvalue weighted by Crippen LogP contribution is -2.08. The summed E-state index contributed by atoms with van der Waals surface area (Å²) in [6, 6.07) is 12.2. The number of aromatic nitrogens is 4. The third-order valence-corrected chi connectivity index (χ3v) is 4.63. The third-order valence-electron chi connectivity index (χ3n) is 4.04. The molecular weight excluding hydrogens is 410 g/mol. The molecule has 0 atom stereocenters. The number of aryl methyl sites for hydroxylation is 2. The molecule has 0 aliphatic carbocycles. The van der Waals surface area contributed by atoms with Crippen molar-refractivity contribution in [3.8, 4) is 11.5 Å². The number of rotatable bonds is 8. The normalized spacial score (nSPS) is 10.7. The van der Waals surface area contributed by atoms with Gasteiger partial charge in [-0.15, -0.1) is 0 Å². The first-order valence-electron chi connectivity index (χ1n) is 8.65. The van der Waals surface area contributed by atoms with Gasteiger partial charge in [0.25, 0.3) is 0 Å². The Bertz CT molecular complexity index is 913. The van der Waals surface area contributed by atoms with Gasteiger partial charge in [-0.2, -0.15) is 0 Å². The number of hydrogen-bond donors (Lipinski definition) is 1. The van der Waals surface area contributed by atoms with Gasteiger partial charge in [-0.3, -0.25) is 0 Å². The van der Waals surface area contributed by atoms with Crippen molar-refractivity contribution in [3.05, 3.63) is 57.6 Å². The van der Waals surface area contributed by atoms with E-state index in [2.05, 4.69) is 55.8 Å². The van der Waals surface area contributed by atoms with Crippen LogP contribution in [-0.2, 0) is 19.7 Å². The molecule has 0 aliphatic rings. The maximum Gasteiger partial charge on any atom is 0.243 e. The summed E-state index contributed by atoms with van der Waals surface area (Å²) in [5, 5.41) is 14.8. The Kier molecular flexibility index (Phi) is 6.28. The lowest BCUT2D eigenvalue weighted by Gasteiger charge is -2.15. The van der Waals surface area contributed by atoms with Gasteiger partial charge >= 0.3 is 0 Å². The molecule has 0 saturated carbocycles. The number of methoxy groups -OCH3 is 1. The van der Waals surface area contributed by atoms with Gasteiger partial charge in [-0.25, -0.2) is 4.68 Å². The van der Waals surface area contributed by atoms with E-state index in [1.807, 2.05) is 31.2 Å². The van der Waals surface area contributed by atoms with Gasteiger partial charge in [0.15, 0.2) is 11.5 Å². The molecule has 0 bridgehead atoms. The van der Waals surface area contributed by atoms with Gasteiger partial charge < -0.3 is 14.8 Å². The summed E-state index contributed by atoms with van der Waals surface area (Å²) in [5.41, 5.74) is 3.34. The van der Waals surface area contributed by atoms with Crippen molar-refractivity contribution >= 4 is 21.9 Å². The van der Waals surface area contributed by atoms with Crippen LogP contribution in [0.15, 0.2) is 40.9 Å². The van der Waals surface area contributed by atoms with E-state index in [0.29, 0.717) is 37.1 Å². The van der Waals surface area contributed by atoms with E-state index in [1.54, 1.807) is 11.8 Å². The first-order chi connectivity index (χ1) is 13.1. The number of tetrazole rings is 1. The van der Waals surface area contributed by atoms with Gasteiger partial charge in [0, 0.05) is 13.1 Å². The molecule has 7 nitrogen and oxygen atoms in total. The molecule has 0 aliphatic heterocycles. The number of benzene rings is 2. The standard InChI is InChI=1S/C19H22BrN5O2/c1-4-25-19(22-23-24-25)21-11-15-9-16(20)18(17(10-15)26-3)27-12-14-7-5-6-13(2)8-14/h5-10H,4,11-12H2,1-3H3,(H,21,22,24). The van der Waals surface area contributed by atoms with Crippen LogP contribution >= 0.6 is 15.9 Å². The fourth-order valence-corrected chi connectivity index (χ4v) is 3.30. The van der Waals surface area contributed by atoms with Crippen molar-refractivity contribution in [2.75, 3.05) is 12.4 Å². The molecule has 8 heteroatoms. The van der Waals surface area contributed by atoms with Crippen LogP contribution in [-0.4, -0.2) is 27.3 Å². The second kappa shape index (κ2) is 8.85. The third kappa shape index (κ3) is 4.77. The monoisotopic (exact) mass is 431 g/mol. The lowest BCUT2D eigenvalue weighted by atomic mass is 10.1. The number of nitrogens with zero attached hydrogens (tertiary/aromatic N) is 4. The molecule has 2 aromatic carbocycles. The summed E-state index contributed by atoms with van der Waals surface area (Å²) in [5.74, 6) is 1.98. The minimum atomic E-state index is 0.472. The Hall–Kier alpha value is -2.61. The van der Waals surface area contributed by atoms with Gasteiger partial charge in [0.05, 0.1) is 11.6 Å². The van der Waals surface area contributed by atoms with Crippen molar-refractivity contribution in [3.63, 3.8) is 0 Å². The number of ether oxygens (including phenoxy) is 2. The maximum atomic E-state index is 6.01. The Morgan fingerprint density at radius 1 is 1.19 bits per heavy atom. The fraction of sp³-hybridized carbons (Fsp3) is 0.316. The maximum absolute atomic E-state index is 6.01. The Morgan fingerprint density at radius 2 is 2.04 bits per heavy atom. The van der Waals surface area contributed by atoms with Crippen molar-refractivity contribution in [1.82, 2.24) is 20.2 Å². The molecular formula is C19H22BrN5O2. The van der Waals surface area contributed by atoms with Crippen LogP contribution in [0, 0.1) is 6.92 Å². The minimum Gasteiger partial charge on any atom is -0.493 e. The zero-order chi connectivity index (χ0) is 19.2. The molecule has 0 amide bonds. The van der Waals surface area contributed by atoms with Crippen LogP contribution in [0.3, 0.4) is 0 Å². The fourth-order valence-electron chi connectivity index (χ4n) is 2.70. The quantitative estimate of drug-likeness (QED) is 0.581. The van der Waals surface area contributed by atoms with Crippen LogP contribution < -0.4 is 14.8 Å². The highest BCUT2D eigenvalue weighted by molar-refractivity contribution is 9.10. The average Bonchev–Trinajstić information content (AvgIpc) is 3.12. The van der Waals surface area contributed by atoms with Gasteiger partial charge in [-0.1, -0.05) is 34.9 Å². The molecule has 0 unspecified atom stereocenters. The summed E-state index contributed by atoms with van der Waals surface area (Å²) >= 11 is 3.60. The predicted molar refractivity (Wildman–Crippen MR) is 107 cm³/mol. The topological polar surface area (TPSA) is 74.1 Å². The van der Waals surface area contributed by atoms with Crippen LogP contribution in [0.1, 0.15) is 23.6 Å². The molecule has 27 heavy (non-hydrogen) atoms. The lowest BCUT2D eigenvalue weighted by molar-refractivity contribution is 0.282. The number of hydrogen-bond acceptors (Lipinski definition) is 6. The van der Waals surface area contributed by atoms with Gasteiger partial charge in [-0.05, 0) is 63.5 Å². The summed E-state index contributed by atoms with van der Waals surface area (Å²) in [6.07, 6.45) is 0. The van der Waals surface area contributed by atoms with E-state index in [-0.39, 0.29) is 0 Å². The summed E-state index contributed by atoms with van der Waals surface area (Å²) < 4.78 is 14.1. The SMILES string of the molecule is CCn1nnnc1NCc1cc(Br)c(OCc2cccc(C)c2)c(OC)c1. The summed E-state index contributed by atoms with van der Waals surface area (Å²) in [4.78, 5) is 0.